The van der Waals surface area contributed by atoms with Crippen LogP contribution < -0.4 is 5.32 Å². The molecule has 0 saturated carbocycles. The summed E-state index contributed by atoms with van der Waals surface area (Å²) in [4.78, 5) is 1.09. The Kier molecular flexibility index (Phi) is 6.89. The molecule has 1 aromatic rings. The molecule has 4 nitrogen and oxygen atoms in total. The molecule has 110 valence electrons. The van der Waals surface area contributed by atoms with Crippen LogP contribution in [-0.4, -0.2) is 32.2 Å². The first-order valence-electron chi connectivity index (χ1n) is 6.46. The third-order valence-electron chi connectivity index (χ3n) is 2.60. The van der Waals surface area contributed by atoms with Crippen molar-refractivity contribution in [1.29, 1.82) is 5.26 Å². The predicted molar refractivity (Wildman–Crippen MR) is 84.8 cm³/mol. The second-order valence-corrected chi connectivity index (χ2v) is 8.44. The van der Waals surface area contributed by atoms with E-state index in [0.717, 1.165) is 10.6 Å². The molecule has 1 aromatic carbocycles. The molecule has 1 rings (SSSR count). The van der Waals surface area contributed by atoms with Crippen LogP contribution in [0.5, 0.6) is 0 Å². The zero-order chi connectivity index (χ0) is 15.0. The molecule has 6 heteroatoms. The summed E-state index contributed by atoms with van der Waals surface area (Å²) < 4.78 is 22.1. The summed E-state index contributed by atoms with van der Waals surface area (Å²) in [6, 6.07) is 10.1. The van der Waals surface area contributed by atoms with Crippen molar-refractivity contribution in [3.8, 4) is 6.07 Å². The number of hydrogen-bond donors (Lipinski definition) is 1. The number of thioether (sulfide) groups is 1. The van der Waals surface area contributed by atoms with E-state index in [4.69, 9.17) is 5.26 Å². The number of nitrogens with one attached hydrogen (secondary N) is 1. The monoisotopic (exact) mass is 312 g/mol. The maximum Gasteiger partial charge on any atom is 0.147 e. The number of hydrogen-bond acceptors (Lipinski definition) is 5. The van der Waals surface area contributed by atoms with Crippen LogP contribution in [0, 0.1) is 11.3 Å². The Morgan fingerprint density at radius 2 is 2.10 bits per heavy atom. The Morgan fingerprint density at radius 1 is 1.40 bits per heavy atom. The topological polar surface area (TPSA) is 70.0 Å². The fourth-order valence-corrected chi connectivity index (χ4v) is 3.34. The summed E-state index contributed by atoms with van der Waals surface area (Å²) in [5, 5.41) is 12.2. The van der Waals surface area contributed by atoms with Gasteiger partial charge in [0.15, 0.2) is 0 Å². The highest BCUT2D eigenvalue weighted by Gasteiger charge is 2.08. The van der Waals surface area contributed by atoms with Crippen molar-refractivity contribution in [2.24, 2.45) is 0 Å². The number of nitriles is 1. The fourth-order valence-electron chi connectivity index (χ4n) is 1.66. The van der Waals surface area contributed by atoms with Gasteiger partial charge in [0.05, 0.1) is 11.8 Å². The van der Waals surface area contributed by atoms with Gasteiger partial charge in [-0.15, -0.1) is 11.8 Å². The van der Waals surface area contributed by atoms with Crippen molar-refractivity contribution in [2.75, 3.05) is 23.9 Å². The minimum atomic E-state index is -2.90. The lowest BCUT2D eigenvalue weighted by Gasteiger charge is -2.13. The Balaban J connectivity index is 2.55. The summed E-state index contributed by atoms with van der Waals surface area (Å²) in [5.74, 6) is 0.195. The van der Waals surface area contributed by atoms with E-state index in [0.29, 0.717) is 19.4 Å². The van der Waals surface area contributed by atoms with Crippen molar-refractivity contribution < 1.29 is 8.42 Å². The maximum absolute atomic E-state index is 11.1. The van der Waals surface area contributed by atoms with Crippen LogP contribution in [0.4, 0.5) is 5.69 Å². The number of benzene rings is 1. The van der Waals surface area contributed by atoms with Gasteiger partial charge in [0.1, 0.15) is 9.84 Å². The van der Waals surface area contributed by atoms with E-state index in [1.807, 2.05) is 31.2 Å². The summed E-state index contributed by atoms with van der Waals surface area (Å²) >= 11 is 1.66. The fraction of sp³-hybridized carbons (Fsp3) is 0.500. The first kappa shape index (κ1) is 16.9. The Morgan fingerprint density at radius 3 is 2.75 bits per heavy atom. The predicted octanol–water partition coefficient (Wildman–Crippen LogP) is 2.93. The average molecular weight is 312 g/mol. The third-order valence-corrected chi connectivity index (χ3v) is 4.81. The summed E-state index contributed by atoms with van der Waals surface area (Å²) in [5.41, 5.74) is 0.996. The largest absolute Gasteiger partial charge is 0.384 e. The Hall–Kier alpha value is -1.19. The van der Waals surface area contributed by atoms with Gasteiger partial charge in [0.2, 0.25) is 0 Å². The minimum Gasteiger partial charge on any atom is -0.384 e. The second kappa shape index (κ2) is 8.18. The first-order chi connectivity index (χ1) is 9.42. The molecule has 0 amide bonds. The van der Waals surface area contributed by atoms with E-state index in [9.17, 15) is 8.42 Å². The standard InChI is InChI=1S/C14H20N2O2S2/c1-12(8-9-15)19-14-7-4-3-6-13(14)16-10-5-11-20(2,17)18/h3-4,6-7,12,16H,5,8,10-11H2,1-2H3/t12-/m0/s1. The second-order valence-electron chi connectivity index (χ2n) is 4.70. The number of rotatable bonds is 8. The lowest BCUT2D eigenvalue weighted by Crippen LogP contribution is -2.10. The molecule has 0 aliphatic carbocycles. The van der Waals surface area contributed by atoms with Gasteiger partial charge in [-0.3, -0.25) is 0 Å². The number of sulfone groups is 1. The van der Waals surface area contributed by atoms with E-state index < -0.39 is 9.84 Å². The number of nitrogens with zero attached hydrogens (tertiary/aromatic N) is 1. The van der Waals surface area contributed by atoms with E-state index in [-0.39, 0.29) is 11.0 Å². The molecule has 0 aliphatic heterocycles. The summed E-state index contributed by atoms with van der Waals surface area (Å²) in [6.07, 6.45) is 2.35. The highest BCUT2D eigenvalue weighted by atomic mass is 32.2. The molecule has 0 unspecified atom stereocenters. The number of para-hydroxylation sites is 1. The van der Waals surface area contributed by atoms with Gasteiger partial charge in [-0.1, -0.05) is 19.1 Å². The zero-order valence-corrected chi connectivity index (χ0v) is 13.4. The van der Waals surface area contributed by atoms with Gasteiger partial charge >= 0.3 is 0 Å². The van der Waals surface area contributed by atoms with Gasteiger partial charge in [-0.05, 0) is 18.6 Å². The van der Waals surface area contributed by atoms with Crippen LogP contribution in [0.25, 0.3) is 0 Å². The molecular formula is C14H20N2O2S2. The maximum atomic E-state index is 11.1. The highest BCUT2D eigenvalue weighted by Crippen LogP contribution is 2.31. The van der Waals surface area contributed by atoms with Crippen molar-refractivity contribution in [3.05, 3.63) is 24.3 Å². The van der Waals surface area contributed by atoms with Crippen LogP contribution in [-0.2, 0) is 9.84 Å². The molecule has 0 heterocycles. The summed E-state index contributed by atoms with van der Waals surface area (Å²) in [6.45, 7) is 2.64. The van der Waals surface area contributed by atoms with E-state index in [1.54, 1.807) is 11.8 Å². The van der Waals surface area contributed by atoms with Gasteiger partial charge in [0, 0.05) is 35.1 Å². The van der Waals surface area contributed by atoms with E-state index in [2.05, 4.69) is 11.4 Å². The molecule has 0 spiro atoms. The molecule has 0 bridgehead atoms. The van der Waals surface area contributed by atoms with Gasteiger partial charge in [-0.25, -0.2) is 8.42 Å². The van der Waals surface area contributed by atoms with Crippen LogP contribution in [0.1, 0.15) is 19.8 Å². The van der Waals surface area contributed by atoms with Crippen molar-refractivity contribution in [1.82, 2.24) is 0 Å². The molecule has 0 aromatic heterocycles. The molecule has 0 aliphatic rings. The quantitative estimate of drug-likeness (QED) is 0.590. The van der Waals surface area contributed by atoms with Crippen molar-refractivity contribution in [3.63, 3.8) is 0 Å². The van der Waals surface area contributed by atoms with Crippen LogP contribution in [0.3, 0.4) is 0 Å². The van der Waals surface area contributed by atoms with Crippen LogP contribution in [0.2, 0.25) is 0 Å². The van der Waals surface area contributed by atoms with Crippen molar-refractivity contribution >= 4 is 27.3 Å². The lowest BCUT2D eigenvalue weighted by atomic mass is 10.3. The molecule has 20 heavy (non-hydrogen) atoms. The number of anilines is 1. The van der Waals surface area contributed by atoms with Crippen molar-refractivity contribution in [2.45, 2.75) is 29.9 Å². The molecular weight excluding hydrogens is 292 g/mol. The Labute approximate surface area is 125 Å². The highest BCUT2D eigenvalue weighted by molar-refractivity contribution is 8.00. The third kappa shape index (κ3) is 6.83. The molecule has 1 N–H and O–H groups in total. The van der Waals surface area contributed by atoms with Crippen LogP contribution >= 0.6 is 11.8 Å². The lowest BCUT2D eigenvalue weighted by molar-refractivity contribution is 0.600. The molecule has 0 saturated heterocycles. The zero-order valence-electron chi connectivity index (χ0n) is 11.8. The average Bonchev–Trinajstić information content (AvgIpc) is 2.35. The normalized spacial score (nSPS) is 12.7. The minimum absolute atomic E-state index is 0.195. The van der Waals surface area contributed by atoms with Gasteiger partial charge < -0.3 is 5.32 Å². The van der Waals surface area contributed by atoms with E-state index in [1.165, 1.54) is 6.26 Å². The van der Waals surface area contributed by atoms with Gasteiger partial charge in [0.25, 0.3) is 0 Å². The molecule has 0 fully saturated rings. The Bertz CT molecular complexity index is 565. The summed E-state index contributed by atoms with van der Waals surface area (Å²) in [7, 11) is -2.90. The van der Waals surface area contributed by atoms with Gasteiger partial charge in [-0.2, -0.15) is 5.26 Å². The smallest absolute Gasteiger partial charge is 0.147 e. The van der Waals surface area contributed by atoms with Crippen LogP contribution in [0.15, 0.2) is 29.2 Å². The molecule has 1 atom stereocenters. The molecule has 0 radical (unpaired) electrons. The van der Waals surface area contributed by atoms with E-state index >= 15 is 0 Å². The first-order valence-corrected chi connectivity index (χ1v) is 9.40. The SMILES string of the molecule is C[C@@H](CC#N)Sc1ccccc1NCCCS(C)(=O)=O.